The topological polar surface area (TPSA) is 235 Å². The van der Waals surface area contributed by atoms with E-state index in [1.165, 1.54) is 23.3 Å². The average molecular weight is 1010 g/mol. The summed E-state index contributed by atoms with van der Waals surface area (Å²) in [5.41, 5.74) is 3.86. The summed E-state index contributed by atoms with van der Waals surface area (Å²) in [4.78, 5) is 65.1. The van der Waals surface area contributed by atoms with Crippen molar-refractivity contribution in [3.8, 4) is 22.4 Å². The molecule has 20 heteroatoms. The Morgan fingerprint density at radius 2 is 1.69 bits per heavy atom. The van der Waals surface area contributed by atoms with E-state index >= 15 is 0 Å². The Morgan fingerprint density at radius 1 is 0.958 bits per heavy atom. The lowest BCUT2D eigenvalue weighted by Gasteiger charge is -2.69. The third-order valence-electron chi connectivity index (χ3n) is 14.5. The van der Waals surface area contributed by atoms with E-state index in [0.717, 1.165) is 78.5 Å². The van der Waals surface area contributed by atoms with Gasteiger partial charge in [0.1, 0.15) is 17.4 Å². The molecule has 4 saturated carbocycles. The molecule has 0 radical (unpaired) electrons. The Labute approximate surface area is 417 Å². The van der Waals surface area contributed by atoms with Crippen LogP contribution in [0.5, 0.6) is 0 Å². The van der Waals surface area contributed by atoms with E-state index < -0.39 is 51.1 Å². The van der Waals surface area contributed by atoms with Crippen molar-refractivity contribution in [3.63, 3.8) is 0 Å². The molecule has 10 rings (SSSR count). The highest BCUT2D eigenvalue weighted by Crippen LogP contribution is 2.72. The summed E-state index contributed by atoms with van der Waals surface area (Å²) in [6, 6.07) is 15.3. The van der Waals surface area contributed by atoms with E-state index in [2.05, 4.69) is 29.5 Å². The number of hydrogen-bond donors (Lipinski definition) is 4. The van der Waals surface area contributed by atoms with E-state index in [1.54, 1.807) is 37.9 Å². The van der Waals surface area contributed by atoms with Gasteiger partial charge in [-0.15, -0.1) is 0 Å². The number of rotatable bonds is 14. The van der Waals surface area contributed by atoms with Crippen LogP contribution in [0.3, 0.4) is 0 Å². The Balaban J connectivity index is 0.908. The number of para-hydroxylation sites is 1. The van der Waals surface area contributed by atoms with Gasteiger partial charge in [0, 0.05) is 54.8 Å². The zero-order valence-electron chi connectivity index (χ0n) is 41.2. The summed E-state index contributed by atoms with van der Waals surface area (Å²) in [6.45, 7) is 12.9. The Bertz CT molecular complexity index is 3000. The molecule has 378 valence electrons. The SMILES string of the molecule is Cc1c(-c2ccc(-c3ccc4c(c3)N(C(=O)Nc3nc5ccccc5s3)CCC4)nc2C(=O)O)cnn1CC12CC3(C)CC(C)(C1)CC(OCCN(C)C(=O)C(CS(=O)(=O)O)NC(=O)OC(C)(C)C)(C3)C2. The van der Waals surface area contributed by atoms with E-state index in [4.69, 9.17) is 19.6 Å². The second-order valence-electron chi connectivity index (χ2n) is 22.1. The molecule has 4 aliphatic carbocycles. The maximum atomic E-state index is 13.7. The summed E-state index contributed by atoms with van der Waals surface area (Å²) in [6.07, 6.45) is 7.71. The standard InChI is InChI=1S/C51H62N8O10S2/c1-31-35(34-16-17-36(53-41(34)43(61)62)33-15-14-32-11-10-18-58(39(32)21-33)45(63)56-44-54-37-12-8-9-13-40(37)70-44)22-52-59(31)30-50-25-48(5)24-49(6,26-50)28-51(27-48,29-50)68-20-19-57(7)42(60)38(23-71(65,66)67)55-46(64)69-47(2,3)4/h8-9,12-17,21-22,38H,10-11,18-20,23-30H2,1-7H3,(H,55,64)(H,61,62)(H,54,56,63)(H,65,66,67). The number of hydrogen-bond acceptors (Lipinski definition) is 12. The largest absolute Gasteiger partial charge is 0.476 e. The van der Waals surface area contributed by atoms with Crippen LogP contribution in [0.2, 0.25) is 0 Å². The second-order valence-corrected chi connectivity index (χ2v) is 24.7. The fourth-order valence-corrected chi connectivity index (χ4v) is 14.5. The van der Waals surface area contributed by atoms with Gasteiger partial charge in [0.05, 0.1) is 34.3 Å². The lowest BCUT2D eigenvalue weighted by molar-refractivity contribution is -0.248. The number of nitrogens with zero attached hydrogens (tertiary/aromatic N) is 6. The number of urea groups is 1. The maximum Gasteiger partial charge on any atom is 0.408 e. The van der Waals surface area contributed by atoms with Crippen LogP contribution < -0.4 is 15.5 Å². The van der Waals surface area contributed by atoms with Gasteiger partial charge >= 0.3 is 18.1 Å². The second kappa shape index (κ2) is 18.3. The molecule has 5 aliphatic rings. The molecule has 1 aliphatic heterocycles. The normalized spacial score (nSPS) is 24.1. The number of nitrogens with one attached hydrogen (secondary N) is 2. The van der Waals surface area contributed by atoms with Gasteiger partial charge in [-0.25, -0.2) is 24.4 Å². The van der Waals surface area contributed by atoms with Crippen LogP contribution >= 0.6 is 11.3 Å². The predicted octanol–water partition coefficient (Wildman–Crippen LogP) is 8.59. The molecule has 3 aromatic heterocycles. The number of anilines is 2. The van der Waals surface area contributed by atoms with Crippen LogP contribution in [0.4, 0.5) is 20.4 Å². The summed E-state index contributed by atoms with van der Waals surface area (Å²) in [5.74, 6) is -2.91. The van der Waals surface area contributed by atoms with E-state index in [-0.39, 0.29) is 41.1 Å². The molecule has 0 spiro atoms. The van der Waals surface area contributed by atoms with Crippen LogP contribution in [0, 0.1) is 23.2 Å². The van der Waals surface area contributed by atoms with Crippen molar-refractivity contribution < 1.29 is 46.7 Å². The molecule has 71 heavy (non-hydrogen) atoms. The highest BCUT2D eigenvalue weighted by Gasteiger charge is 2.66. The molecule has 4 heterocycles. The zero-order chi connectivity index (χ0) is 50.9. The van der Waals surface area contributed by atoms with Gasteiger partial charge < -0.3 is 24.8 Å². The van der Waals surface area contributed by atoms with Gasteiger partial charge in [-0.05, 0) is 131 Å². The maximum absolute atomic E-state index is 13.7. The summed E-state index contributed by atoms with van der Waals surface area (Å²) < 4.78 is 48.4. The van der Waals surface area contributed by atoms with Gasteiger partial charge in [-0.2, -0.15) is 13.5 Å². The van der Waals surface area contributed by atoms with Crippen molar-refractivity contribution >= 4 is 66.5 Å². The van der Waals surface area contributed by atoms with Gasteiger partial charge in [0.25, 0.3) is 10.1 Å². The van der Waals surface area contributed by atoms with Crippen LogP contribution in [0.1, 0.15) is 101 Å². The average Bonchev–Trinajstić information content (AvgIpc) is 3.84. The number of fused-ring (bicyclic) bond motifs is 2. The number of carbonyl (C=O) groups excluding carboxylic acids is 3. The van der Waals surface area contributed by atoms with Crippen molar-refractivity contribution in [3.05, 3.63) is 77.7 Å². The number of benzene rings is 2. The number of amides is 4. The molecule has 3 atom stereocenters. The number of thiazole rings is 1. The van der Waals surface area contributed by atoms with Gasteiger partial charge in [0.15, 0.2) is 10.8 Å². The number of alkyl carbamates (subject to hydrolysis) is 1. The first-order valence-electron chi connectivity index (χ1n) is 24.0. The summed E-state index contributed by atoms with van der Waals surface area (Å²) >= 11 is 1.41. The molecule has 2 aromatic carbocycles. The molecular formula is C51H62N8O10S2. The first-order valence-corrected chi connectivity index (χ1v) is 26.4. The monoisotopic (exact) mass is 1010 g/mol. The van der Waals surface area contributed by atoms with E-state index in [0.29, 0.717) is 40.6 Å². The number of aryl methyl sites for hydroxylation is 1. The van der Waals surface area contributed by atoms with Crippen molar-refractivity contribution in [2.45, 2.75) is 117 Å². The number of pyridine rings is 1. The fraction of sp³-hybridized carbons (Fsp3) is 0.510. The Hall–Kier alpha value is -5.96. The van der Waals surface area contributed by atoms with Gasteiger partial charge in [0.2, 0.25) is 5.91 Å². The zero-order valence-corrected chi connectivity index (χ0v) is 42.8. The molecule has 5 aromatic rings. The quantitative estimate of drug-likeness (QED) is 0.0764. The minimum absolute atomic E-state index is 0.0306. The number of ether oxygens (including phenoxy) is 2. The molecule has 4 bridgehead atoms. The van der Waals surface area contributed by atoms with Crippen molar-refractivity contribution in [1.82, 2.24) is 30.0 Å². The molecule has 4 N–H and O–H groups in total. The smallest absolute Gasteiger partial charge is 0.408 e. The molecule has 4 fully saturated rings. The number of carboxylic acid groups (broad SMARTS) is 1. The van der Waals surface area contributed by atoms with Crippen LogP contribution in [0.25, 0.3) is 32.6 Å². The Kier molecular flexibility index (Phi) is 12.9. The minimum Gasteiger partial charge on any atom is -0.476 e. The molecule has 3 unspecified atom stereocenters. The number of likely N-dealkylation sites (N-methyl/N-ethyl adjacent to an activating group) is 1. The van der Waals surface area contributed by atoms with Gasteiger partial charge in [-0.1, -0.05) is 49.4 Å². The minimum atomic E-state index is -4.64. The third kappa shape index (κ3) is 10.7. The fourth-order valence-electron chi connectivity index (χ4n) is 13.0. The van der Waals surface area contributed by atoms with E-state index in [9.17, 15) is 37.3 Å². The molecule has 18 nitrogen and oxygen atoms in total. The first-order chi connectivity index (χ1) is 33.3. The van der Waals surface area contributed by atoms with Crippen LogP contribution in [0.15, 0.2) is 60.8 Å². The molecule has 4 amide bonds. The third-order valence-corrected chi connectivity index (χ3v) is 16.2. The lowest BCUT2D eigenvalue weighted by atomic mass is 9.39. The molecule has 0 saturated heterocycles. The summed E-state index contributed by atoms with van der Waals surface area (Å²) in [5, 5.41) is 21.3. The lowest BCUT2D eigenvalue weighted by Crippen LogP contribution is -2.64. The number of aromatic carboxylic acids is 1. The number of carbonyl (C=O) groups is 4. The van der Waals surface area contributed by atoms with Crippen molar-refractivity contribution in [2.24, 2.45) is 16.2 Å². The highest BCUT2D eigenvalue weighted by atomic mass is 32.2. The number of aromatic nitrogens is 4. The van der Waals surface area contributed by atoms with Crippen LogP contribution in [-0.2, 0) is 37.4 Å². The molecular weight excluding hydrogens is 949 g/mol. The van der Waals surface area contributed by atoms with Crippen LogP contribution in [-0.4, -0.2) is 116 Å². The number of carboxylic acids is 1. The van der Waals surface area contributed by atoms with Gasteiger partial charge in [-0.3, -0.25) is 24.2 Å². The summed E-state index contributed by atoms with van der Waals surface area (Å²) in [7, 11) is -3.14. The van der Waals surface area contributed by atoms with Crippen molar-refractivity contribution in [1.29, 1.82) is 0 Å². The predicted molar refractivity (Wildman–Crippen MR) is 269 cm³/mol. The highest BCUT2D eigenvalue weighted by molar-refractivity contribution is 7.85. The van der Waals surface area contributed by atoms with E-state index in [1.807, 2.05) is 60.1 Å². The Morgan fingerprint density at radius 3 is 2.38 bits per heavy atom. The first kappa shape index (κ1) is 50.0. The van der Waals surface area contributed by atoms with Crippen molar-refractivity contribution in [2.75, 3.05) is 42.7 Å².